The van der Waals surface area contributed by atoms with E-state index in [2.05, 4.69) is 20.8 Å². The number of ether oxygens (including phenoxy) is 1. The van der Waals surface area contributed by atoms with E-state index < -0.39 is 12.2 Å². The zero-order valence-corrected chi connectivity index (χ0v) is 12.3. The highest BCUT2D eigenvalue weighted by atomic mass is 16.5. The Morgan fingerprint density at radius 2 is 1.47 bits per heavy atom. The molecule has 0 heterocycles. The lowest BCUT2D eigenvalue weighted by Gasteiger charge is -2.24. The summed E-state index contributed by atoms with van der Waals surface area (Å²) in [7, 11) is 0. The van der Waals surface area contributed by atoms with Crippen LogP contribution in [-0.4, -0.2) is 34.6 Å². The summed E-state index contributed by atoms with van der Waals surface area (Å²) in [5, 5.41) is 19.5. The first kappa shape index (κ1) is 16.9. The van der Waals surface area contributed by atoms with E-state index in [4.69, 9.17) is 4.74 Å². The molecular weight excluding hydrogens is 216 g/mol. The van der Waals surface area contributed by atoms with Crippen LogP contribution in [-0.2, 0) is 4.74 Å². The fraction of sp³-hybridized carbons (Fsp3) is 1.00. The van der Waals surface area contributed by atoms with E-state index in [1.165, 1.54) is 0 Å². The van der Waals surface area contributed by atoms with Gasteiger partial charge in [0.15, 0.2) is 0 Å². The molecule has 0 aromatic heterocycles. The highest BCUT2D eigenvalue weighted by Crippen LogP contribution is 2.22. The van der Waals surface area contributed by atoms with Crippen molar-refractivity contribution >= 4 is 0 Å². The van der Waals surface area contributed by atoms with E-state index in [1.54, 1.807) is 0 Å². The Hall–Kier alpha value is -0.120. The van der Waals surface area contributed by atoms with Gasteiger partial charge in [-0.3, -0.25) is 0 Å². The van der Waals surface area contributed by atoms with Gasteiger partial charge in [-0.05, 0) is 39.0 Å². The van der Waals surface area contributed by atoms with Crippen LogP contribution in [0.3, 0.4) is 0 Å². The van der Waals surface area contributed by atoms with Gasteiger partial charge in [0.05, 0.1) is 24.4 Å². The van der Waals surface area contributed by atoms with Crippen molar-refractivity contribution in [1.29, 1.82) is 0 Å². The quantitative estimate of drug-likeness (QED) is 0.757. The molecule has 0 amide bonds. The lowest BCUT2D eigenvalue weighted by Crippen LogP contribution is -2.29. The van der Waals surface area contributed by atoms with Gasteiger partial charge in [-0.25, -0.2) is 0 Å². The van der Waals surface area contributed by atoms with Crippen LogP contribution in [0.5, 0.6) is 0 Å². The summed E-state index contributed by atoms with van der Waals surface area (Å²) in [6, 6.07) is 0. The molecule has 0 aliphatic carbocycles. The maximum atomic E-state index is 9.80. The summed E-state index contributed by atoms with van der Waals surface area (Å²) in [5.74, 6) is 0. The minimum atomic E-state index is -0.579. The Labute approximate surface area is 106 Å². The summed E-state index contributed by atoms with van der Waals surface area (Å²) in [6.07, 6.45) is 1.07. The van der Waals surface area contributed by atoms with Crippen molar-refractivity contribution in [3.8, 4) is 0 Å². The molecule has 3 nitrogen and oxygen atoms in total. The van der Waals surface area contributed by atoms with E-state index in [0.717, 1.165) is 12.8 Å². The summed E-state index contributed by atoms with van der Waals surface area (Å²) in [6.45, 7) is 12.6. The van der Waals surface area contributed by atoms with Crippen LogP contribution in [0.1, 0.15) is 60.8 Å². The van der Waals surface area contributed by atoms with Crippen molar-refractivity contribution < 1.29 is 14.9 Å². The minimum absolute atomic E-state index is 0.230. The minimum Gasteiger partial charge on any atom is -0.393 e. The maximum Gasteiger partial charge on any atom is 0.0798 e. The molecule has 0 aromatic carbocycles. The first-order valence-corrected chi connectivity index (χ1v) is 6.50. The SMILES string of the molecule is CC(C)(C)CC[C@@H](O)C[C@H](O)COC(C)(C)C. The van der Waals surface area contributed by atoms with Crippen LogP contribution in [0, 0.1) is 5.41 Å². The van der Waals surface area contributed by atoms with Crippen LogP contribution < -0.4 is 0 Å². The average molecular weight is 246 g/mol. The van der Waals surface area contributed by atoms with Gasteiger partial charge in [-0.1, -0.05) is 20.8 Å². The standard InChI is InChI=1S/C14H30O3/c1-13(2,3)8-7-11(15)9-12(16)10-17-14(4,5)6/h11-12,15-16H,7-10H2,1-6H3/t11-,12+/m1/s1. The van der Waals surface area contributed by atoms with Crippen molar-refractivity contribution in [2.75, 3.05) is 6.61 Å². The van der Waals surface area contributed by atoms with E-state index in [-0.39, 0.29) is 17.6 Å². The molecule has 0 fully saturated rings. The molecule has 0 unspecified atom stereocenters. The fourth-order valence-corrected chi connectivity index (χ4v) is 1.45. The second kappa shape index (κ2) is 6.72. The van der Waals surface area contributed by atoms with E-state index in [9.17, 15) is 10.2 Å². The van der Waals surface area contributed by atoms with Gasteiger partial charge >= 0.3 is 0 Å². The Bertz CT molecular complexity index is 178. The molecule has 0 aliphatic heterocycles. The fourth-order valence-electron chi connectivity index (χ4n) is 1.45. The number of aliphatic hydroxyl groups excluding tert-OH is 2. The Balaban J connectivity index is 3.77. The van der Waals surface area contributed by atoms with Crippen molar-refractivity contribution in [3.63, 3.8) is 0 Å². The third-order valence-electron chi connectivity index (χ3n) is 2.48. The molecular formula is C14H30O3. The van der Waals surface area contributed by atoms with Gasteiger partial charge in [0.2, 0.25) is 0 Å². The molecule has 0 spiro atoms. The normalized spacial score (nSPS) is 16.9. The van der Waals surface area contributed by atoms with Crippen molar-refractivity contribution in [1.82, 2.24) is 0 Å². The maximum absolute atomic E-state index is 9.80. The molecule has 17 heavy (non-hydrogen) atoms. The summed E-state index contributed by atoms with van der Waals surface area (Å²) in [5.41, 5.74) is -0.00875. The van der Waals surface area contributed by atoms with Gasteiger partial charge in [-0.2, -0.15) is 0 Å². The average Bonchev–Trinajstić information content (AvgIpc) is 2.09. The van der Waals surface area contributed by atoms with Crippen molar-refractivity contribution in [3.05, 3.63) is 0 Å². The zero-order valence-electron chi connectivity index (χ0n) is 12.3. The molecule has 2 atom stereocenters. The zero-order chi connectivity index (χ0) is 13.7. The van der Waals surface area contributed by atoms with Gasteiger partial charge in [0.1, 0.15) is 0 Å². The number of aliphatic hydroxyl groups is 2. The van der Waals surface area contributed by atoms with Crippen LogP contribution in [0.2, 0.25) is 0 Å². The largest absolute Gasteiger partial charge is 0.393 e. The molecule has 0 aromatic rings. The van der Waals surface area contributed by atoms with Crippen LogP contribution in [0.4, 0.5) is 0 Å². The van der Waals surface area contributed by atoms with Gasteiger partial charge in [-0.15, -0.1) is 0 Å². The third kappa shape index (κ3) is 12.1. The van der Waals surface area contributed by atoms with Crippen LogP contribution >= 0.6 is 0 Å². The van der Waals surface area contributed by atoms with Gasteiger partial charge in [0.25, 0.3) is 0 Å². The molecule has 2 N–H and O–H groups in total. The molecule has 104 valence electrons. The van der Waals surface area contributed by atoms with E-state index in [1.807, 2.05) is 20.8 Å². The summed E-state index contributed by atoms with van der Waals surface area (Å²) < 4.78 is 5.48. The lowest BCUT2D eigenvalue weighted by atomic mass is 9.88. The van der Waals surface area contributed by atoms with Crippen LogP contribution in [0.25, 0.3) is 0 Å². The predicted molar refractivity (Wildman–Crippen MR) is 71.0 cm³/mol. The van der Waals surface area contributed by atoms with Gasteiger partial charge < -0.3 is 14.9 Å². The monoisotopic (exact) mass is 246 g/mol. The van der Waals surface area contributed by atoms with Crippen LogP contribution in [0.15, 0.2) is 0 Å². The predicted octanol–water partition coefficient (Wildman–Crippen LogP) is 2.74. The molecule has 0 radical (unpaired) electrons. The number of hydrogen-bond acceptors (Lipinski definition) is 3. The van der Waals surface area contributed by atoms with Crippen molar-refractivity contribution in [2.45, 2.75) is 78.6 Å². The Morgan fingerprint density at radius 1 is 0.941 bits per heavy atom. The lowest BCUT2D eigenvalue weighted by molar-refractivity contribution is -0.0606. The first-order chi connectivity index (χ1) is 7.49. The highest BCUT2D eigenvalue weighted by molar-refractivity contribution is 4.69. The van der Waals surface area contributed by atoms with E-state index in [0.29, 0.717) is 6.42 Å². The Morgan fingerprint density at radius 3 is 1.88 bits per heavy atom. The molecule has 3 heteroatoms. The second-order valence-corrected chi connectivity index (χ2v) is 7.07. The molecule has 0 saturated carbocycles. The smallest absolute Gasteiger partial charge is 0.0798 e. The molecule has 0 aliphatic rings. The number of hydrogen-bond donors (Lipinski definition) is 2. The number of rotatable bonds is 6. The van der Waals surface area contributed by atoms with Gasteiger partial charge in [0, 0.05) is 6.42 Å². The molecule has 0 saturated heterocycles. The van der Waals surface area contributed by atoms with E-state index >= 15 is 0 Å². The first-order valence-electron chi connectivity index (χ1n) is 6.50. The third-order valence-corrected chi connectivity index (χ3v) is 2.48. The molecule has 0 bridgehead atoms. The molecule has 0 rings (SSSR count). The second-order valence-electron chi connectivity index (χ2n) is 7.07. The summed E-state index contributed by atoms with van der Waals surface area (Å²) in [4.78, 5) is 0. The summed E-state index contributed by atoms with van der Waals surface area (Å²) >= 11 is 0. The topological polar surface area (TPSA) is 49.7 Å². The Kier molecular flexibility index (Phi) is 6.67. The highest BCUT2D eigenvalue weighted by Gasteiger charge is 2.18. The van der Waals surface area contributed by atoms with Crippen molar-refractivity contribution in [2.24, 2.45) is 5.41 Å².